The lowest BCUT2D eigenvalue weighted by atomic mass is 10.2. The lowest BCUT2D eigenvalue weighted by Crippen LogP contribution is -2.50. The summed E-state index contributed by atoms with van der Waals surface area (Å²) in [5, 5.41) is 12.2. The second-order valence-corrected chi connectivity index (χ2v) is 4.04. The second kappa shape index (κ2) is 5.64. The Kier molecular flexibility index (Phi) is 3.91. The van der Waals surface area contributed by atoms with E-state index in [1.165, 1.54) is 0 Å². The molecule has 0 bridgehead atoms. The van der Waals surface area contributed by atoms with Gasteiger partial charge < -0.3 is 9.88 Å². The van der Waals surface area contributed by atoms with E-state index in [9.17, 15) is 0 Å². The van der Waals surface area contributed by atoms with Gasteiger partial charge in [-0.05, 0) is 6.42 Å². The smallest absolute Gasteiger partial charge is 0.110 e. The number of nitrogens with zero attached hydrogens (tertiary/aromatic N) is 4. The first-order valence-electron chi connectivity index (χ1n) is 5.70. The average Bonchev–Trinajstić information content (AvgIpc) is 2.83. The van der Waals surface area contributed by atoms with Gasteiger partial charge in [0.25, 0.3) is 0 Å². The third-order valence-electron chi connectivity index (χ3n) is 2.92. The summed E-state index contributed by atoms with van der Waals surface area (Å²) in [7, 11) is 0. The van der Waals surface area contributed by atoms with Crippen LogP contribution >= 0.6 is 0 Å². The van der Waals surface area contributed by atoms with Crippen molar-refractivity contribution in [3.63, 3.8) is 0 Å². The predicted molar refractivity (Wildman–Crippen MR) is 60.7 cm³/mol. The Morgan fingerprint density at radius 2 is 2.44 bits per heavy atom. The van der Waals surface area contributed by atoms with Crippen molar-refractivity contribution < 1.29 is 0 Å². The fourth-order valence-electron chi connectivity index (χ4n) is 2.02. The molecule has 2 heterocycles. The molecule has 5 heteroatoms. The molecule has 0 saturated carbocycles. The molecule has 0 aliphatic carbocycles. The monoisotopic (exact) mass is 219 g/mol. The van der Waals surface area contributed by atoms with Crippen molar-refractivity contribution >= 4 is 0 Å². The Morgan fingerprint density at radius 1 is 1.50 bits per heavy atom. The van der Waals surface area contributed by atoms with Gasteiger partial charge in [-0.3, -0.25) is 4.90 Å². The van der Waals surface area contributed by atoms with Crippen molar-refractivity contribution in [2.45, 2.75) is 19.0 Å². The summed E-state index contributed by atoms with van der Waals surface area (Å²) >= 11 is 0. The summed E-state index contributed by atoms with van der Waals surface area (Å²) in [6.45, 7) is 4.72. The molecule has 1 aromatic rings. The normalized spacial score (nSPS) is 21.8. The lowest BCUT2D eigenvalue weighted by Gasteiger charge is -2.31. The van der Waals surface area contributed by atoms with Crippen molar-refractivity contribution in [1.82, 2.24) is 19.8 Å². The van der Waals surface area contributed by atoms with Crippen LogP contribution in [0.3, 0.4) is 0 Å². The van der Waals surface area contributed by atoms with Crippen molar-refractivity contribution in [3.05, 3.63) is 18.7 Å². The van der Waals surface area contributed by atoms with E-state index < -0.39 is 0 Å². The average molecular weight is 219 g/mol. The number of imidazole rings is 1. The maximum atomic E-state index is 9.00. The first kappa shape index (κ1) is 11.1. The minimum Gasteiger partial charge on any atom is -0.337 e. The van der Waals surface area contributed by atoms with Crippen molar-refractivity contribution in [2.75, 3.05) is 26.2 Å². The molecule has 1 aliphatic rings. The highest BCUT2D eigenvalue weighted by Crippen LogP contribution is 2.04. The number of aromatic nitrogens is 2. The van der Waals surface area contributed by atoms with Crippen LogP contribution in [0, 0.1) is 11.3 Å². The summed E-state index contributed by atoms with van der Waals surface area (Å²) in [5.74, 6) is 0. The van der Waals surface area contributed by atoms with Crippen LogP contribution in [0.2, 0.25) is 0 Å². The number of hydrogen-bond acceptors (Lipinski definition) is 4. The quantitative estimate of drug-likeness (QED) is 0.778. The zero-order valence-electron chi connectivity index (χ0n) is 9.34. The number of piperazine rings is 1. The molecule has 1 aromatic heterocycles. The summed E-state index contributed by atoms with van der Waals surface area (Å²) in [6, 6.07) is 2.38. The Bertz CT molecular complexity index is 340. The third kappa shape index (κ3) is 2.81. The van der Waals surface area contributed by atoms with E-state index >= 15 is 0 Å². The largest absolute Gasteiger partial charge is 0.337 e. The van der Waals surface area contributed by atoms with Crippen LogP contribution < -0.4 is 5.32 Å². The van der Waals surface area contributed by atoms with Gasteiger partial charge in [-0.1, -0.05) is 0 Å². The van der Waals surface area contributed by atoms with Gasteiger partial charge in [0.15, 0.2) is 0 Å². The molecule has 0 radical (unpaired) electrons. The molecule has 16 heavy (non-hydrogen) atoms. The first-order valence-corrected chi connectivity index (χ1v) is 5.70. The van der Waals surface area contributed by atoms with E-state index in [0.717, 1.165) is 39.1 Å². The Morgan fingerprint density at radius 3 is 3.19 bits per heavy atom. The molecule has 1 atom stereocenters. The molecule has 2 rings (SSSR count). The van der Waals surface area contributed by atoms with Crippen LogP contribution in [0.15, 0.2) is 18.7 Å². The molecule has 1 N–H and O–H groups in total. The molecule has 1 fully saturated rings. The molecular weight excluding hydrogens is 202 g/mol. The van der Waals surface area contributed by atoms with Gasteiger partial charge >= 0.3 is 0 Å². The fourth-order valence-corrected chi connectivity index (χ4v) is 2.02. The molecular formula is C11H17N5. The van der Waals surface area contributed by atoms with Crippen LogP contribution in [-0.4, -0.2) is 46.7 Å². The minimum atomic E-state index is 0.0385. The zero-order valence-corrected chi connectivity index (χ0v) is 9.34. The van der Waals surface area contributed by atoms with Crippen LogP contribution in [0.5, 0.6) is 0 Å². The topological polar surface area (TPSA) is 56.9 Å². The molecule has 1 unspecified atom stereocenters. The number of nitriles is 1. The van der Waals surface area contributed by atoms with E-state index in [0.29, 0.717) is 0 Å². The van der Waals surface area contributed by atoms with Gasteiger partial charge in [-0.25, -0.2) is 4.98 Å². The van der Waals surface area contributed by atoms with Crippen molar-refractivity contribution in [1.29, 1.82) is 5.26 Å². The summed E-state index contributed by atoms with van der Waals surface area (Å²) in [6.07, 6.45) is 6.66. The standard InChI is InChI=1S/C11H17N5/c12-8-11-9-13-3-7-16(11)5-1-4-15-6-2-14-10-15/h2,6,10-11,13H,1,3-5,7,9H2. The lowest BCUT2D eigenvalue weighted by molar-refractivity contribution is 0.192. The highest BCUT2D eigenvalue weighted by atomic mass is 15.2. The molecule has 0 spiro atoms. The first-order chi connectivity index (χ1) is 7.90. The number of nitrogens with one attached hydrogen (secondary N) is 1. The van der Waals surface area contributed by atoms with E-state index in [1.54, 1.807) is 6.20 Å². The second-order valence-electron chi connectivity index (χ2n) is 4.04. The Balaban J connectivity index is 1.74. The maximum Gasteiger partial charge on any atom is 0.110 e. The van der Waals surface area contributed by atoms with E-state index in [1.807, 2.05) is 12.5 Å². The van der Waals surface area contributed by atoms with Gasteiger partial charge in [-0.15, -0.1) is 0 Å². The van der Waals surface area contributed by atoms with Crippen molar-refractivity contribution in [2.24, 2.45) is 0 Å². The van der Waals surface area contributed by atoms with E-state index in [-0.39, 0.29) is 6.04 Å². The van der Waals surface area contributed by atoms with Crippen LogP contribution in [0.1, 0.15) is 6.42 Å². The SMILES string of the molecule is N#CC1CNCCN1CCCn1ccnc1. The zero-order chi connectivity index (χ0) is 11.2. The van der Waals surface area contributed by atoms with Gasteiger partial charge in [0.05, 0.1) is 12.4 Å². The van der Waals surface area contributed by atoms with E-state index in [2.05, 4.69) is 25.8 Å². The highest BCUT2D eigenvalue weighted by Gasteiger charge is 2.20. The van der Waals surface area contributed by atoms with E-state index in [4.69, 9.17) is 5.26 Å². The molecule has 1 saturated heterocycles. The van der Waals surface area contributed by atoms with Crippen LogP contribution in [-0.2, 0) is 6.54 Å². The molecule has 5 nitrogen and oxygen atoms in total. The van der Waals surface area contributed by atoms with Gasteiger partial charge in [0, 0.05) is 45.1 Å². The van der Waals surface area contributed by atoms with Crippen molar-refractivity contribution in [3.8, 4) is 6.07 Å². The molecule has 1 aliphatic heterocycles. The van der Waals surface area contributed by atoms with Gasteiger partial charge in [-0.2, -0.15) is 5.26 Å². The molecule has 86 valence electrons. The fraction of sp³-hybridized carbons (Fsp3) is 0.636. The number of rotatable bonds is 4. The van der Waals surface area contributed by atoms with Gasteiger partial charge in [0.1, 0.15) is 6.04 Å². The Labute approximate surface area is 95.7 Å². The highest BCUT2D eigenvalue weighted by molar-refractivity contribution is 4.96. The summed E-state index contributed by atoms with van der Waals surface area (Å²) < 4.78 is 2.07. The number of aryl methyl sites for hydroxylation is 1. The minimum absolute atomic E-state index is 0.0385. The maximum absolute atomic E-state index is 9.00. The Hall–Kier alpha value is -1.38. The van der Waals surface area contributed by atoms with Crippen LogP contribution in [0.4, 0.5) is 0 Å². The molecule has 0 aromatic carbocycles. The summed E-state index contributed by atoms with van der Waals surface area (Å²) in [5.41, 5.74) is 0. The third-order valence-corrected chi connectivity index (χ3v) is 2.92. The summed E-state index contributed by atoms with van der Waals surface area (Å²) in [4.78, 5) is 6.26. The van der Waals surface area contributed by atoms with Gasteiger partial charge in [0.2, 0.25) is 0 Å². The van der Waals surface area contributed by atoms with Crippen LogP contribution in [0.25, 0.3) is 0 Å². The molecule has 0 amide bonds. The number of hydrogen-bond donors (Lipinski definition) is 1. The predicted octanol–water partition coefficient (Wildman–Crippen LogP) is 0.0706.